The van der Waals surface area contributed by atoms with Gasteiger partial charge in [0.1, 0.15) is 12.7 Å². The Labute approximate surface area is 142 Å². The molecule has 134 valence electrons. The quantitative estimate of drug-likeness (QED) is 0.717. The third-order valence-corrected chi connectivity index (χ3v) is 4.49. The van der Waals surface area contributed by atoms with Crippen molar-refractivity contribution in [3.8, 4) is 0 Å². The molecule has 1 aromatic rings. The van der Waals surface area contributed by atoms with Gasteiger partial charge < -0.3 is 19.7 Å². The maximum absolute atomic E-state index is 12.5. The van der Waals surface area contributed by atoms with Crippen LogP contribution in [-0.2, 0) is 16.0 Å². The molecule has 1 N–H and O–H groups in total. The van der Waals surface area contributed by atoms with Gasteiger partial charge in [0.2, 0.25) is 0 Å². The molecule has 0 spiro atoms. The van der Waals surface area contributed by atoms with E-state index in [2.05, 4.69) is 15.4 Å². The van der Waals surface area contributed by atoms with Crippen molar-refractivity contribution < 1.29 is 14.3 Å². The van der Waals surface area contributed by atoms with Crippen LogP contribution in [0.25, 0.3) is 0 Å². The molecule has 0 bridgehead atoms. The summed E-state index contributed by atoms with van der Waals surface area (Å²) in [5.74, 6) is 0. The van der Waals surface area contributed by atoms with Gasteiger partial charge in [0.25, 0.3) is 0 Å². The van der Waals surface area contributed by atoms with Gasteiger partial charge in [0, 0.05) is 39.4 Å². The van der Waals surface area contributed by atoms with E-state index in [0.29, 0.717) is 19.6 Å². The van der Waals surface area contributed by atoms with Crippen molar-refractivity contribution >= 4 is 6.03 Å². The fourth-order valence-electron chi connectivity index (χ4n) is 3.21. The highest BCUT2D eigenvalue weighted by Gasteiger charge is 2.26. The van der Waals surface area contributed by atoms with E-state index in [0.717, 1.165) is 51.9 Å². The summed E-state index contributed by atoms with van der Waals surface area (Å²) in [6.45, 7) is 4.27. The zero-order chi connectivity index (χ0) is 16.6. The van der Waals surface area contributed by atoms with E-state index in [4.69, 9.17) is 9.47 Å². The first-order valence-corrected chi connectivity index (χ1v) is 8.89. The van der Waals surface area contributed by atoms with Crippen molar-refractivity contribution in [1.29, 1.82) is 0 Å². The Morgan fingerprint density at radius 2 is 1.92 bits per heavy atom. The molecule has 0 aliphatic carbocycles. The van der Waals surface area contributed by atoms with E-state index in [9.17, 15) is 4.79 Å². The molecule has 2 aliphatic rings. The van der Waals surface area contributed by atoms with Crippen molar-refractivity contribution in [2.24, 2.45) is 0 Å². The summed E-state index contributed by atoms with van der Waals surface area (Å²) < 4.78 is 13.1. The first-order chi connectivity index (χ1) is 11.8. The minimum Gasteiger partial charge on any atom is -0.376 e. The van der Waals surface area contributed by atoms with Gasteiger partial charge in [0.05, 0.1) is 12.2 Å². The highest BCUT2D eigenvalue weighted by atomic mass is 16.5. The Morgan fingerprint density at radius 3 is 2.46 bits per heavy atom. The van der Waals surface area contributed by atoms with E-state index in [-0.39, 0.29) is 18.2 Å². The molecule has 2 atom stereocenters. The van der Waals surface area contributed by atoms with Crippen LogP contribution in [-0.4, -0.2) is 70.8 Å². The Bertz CT molecular complexity index is 466. The van der Waals surface area contributed by atoms with Crippen LogP contribution >= 0.6 is 0 Å². The number of carbonyl (C=O) groups is 1. The van der Waals surface area contributed by atoms with E-state index in [1.807, 2.05) is 4.90 Å². The minimum atomic E-state index is -0.0282. The van der Waals surface area contributed by atoms with Gasteiger partial charge in [-0.3, -0.25) is 4.68 Å². The van der Waals surface area contributed by atoms with Gasteiger partial charge in [-0.2, -0.15) is 5.10 Å². The van der Waals surface area contributed by atoms with Gasteiger partial charge in [0.15, 0.2) is 0 Å². The summed E-state index contributed by atoms with van der Waals surface area (Å²) in [7, 11) is 0. The summed E-state index contributed by atoms with van der Waals surface area (Å²) in [5.41, 5.74) is 0. The van der Waals surface area contributed by atoms with Crippen LogP contribution in [0.3, 0.4) is 0 Å². The number of rotatable bonds is 8. The maximum atomic E-state index is 12.5. The largest absolute Gasteiger partial charge is 0.376 e. The number of urea groups is 1. The lowest BCUT2D eigenvalue weighted by Gasteiger charge is -2.28. The highest BCUT2D eigenvalue weighted by Crippen LogP contribution is 2.17. The number of amides is 2. The molecule has 2 amide bonds. The molecule has 2 fully saturated rings. The molecular weight excluding hydrogens is 310 g/mol. The number of ether oxygens (including phenoxy) is 2. The number of aryl methyl sites for hydroxylation is 1. The SMILES string of the molecule is O=C(NCCCn1cncn1)N(CC1CCCO1)CC1CCCO1. The predicted octanol–water partition coefficient (Wildman–Crippen LogP) is 1.04. The van der Waals surface area contributed by atoms with Crippen molar-refractivity contribution in [3.63, 3.8) is 0 Å². The van der Waals surface area contributed by atoms with Crippen molar-refractivity contribution in [2.45, 2.75) is 50.9 Å². The van der Waals surface area contributed by atoms with Crippen LogP contribution in [0.1, 0.15) is 32.1 Å². The Balaban J connectivity index is 1.43. The summed E-state index contributed by atoms with van der Waals surface area (Å²) in [6, 6.07) is -0.0282. The lowest BCUT2D eigenvalue weighted by atomic mass is 10.2. The second kappa shape index (κ2) is 8.98. The van der Waals surface area contributed by atoms with Gasteiger partial charge in [-0.05, 0) is 32.1 Å². The van der Waals surface area contributed by atoms with Crippen molar-refractivity contribution in [3.05, 3.63) is 12.7 Å². The third-order valence-electron chi connectivity index (χ3n) is 4.49. The molecule has 24 heavy (non-hydrogen) atoms. The van der Waals surface area contributed by atoms with E-state index < -0.39 is 0 Å². The summed E-state index contributed by atoms with van der Waals surface area (Å²) in [4.78, 5) is 18.3. The molecule has 0 radical (unpaired) electrons. The van der Waals surface area contributed by atoms with Gasteiger partial charge in [-0.1, -0.05) is 0 Å². The zero-order valence-electron chi connectivity index (χ0n) is 14.1. The smallest absolute Gasteiger partial charge is 0.317 e. The molecule has 8 heteroatoms. The molecule has 0 saturated carbocycles. The average molecular weight is 337 g/mol. The molecule has 3 rings (SSSR count). The van der Waals surface area contributed by atoms with Gasteiger partial charge >= 0.3 is 6.03 Å². The first-order valence-electron chi connectivity index (χ1n) is 8.89. The lowest BCUT2D eigenvalue weighted by Crippen LogP contribution is -2.47. The Morgan fingerprint density at radius 1 is 1.21 bits per heavy atom. The van der Waals surface area contributed by atoms with Crippen LogP contribution in [0.2, 0.25) is 0 Å². The molecule has 2 saturated heterocycles. The van der Waals surface area contributed by atoms with Crippen LogP contribution in [0.4, 0.5) is 4.79 Å². The van der Waals surface area contributed by atoms with Crippen LogP contribution < -0.4 is 5.32 Å². The molecule has 8 nitrogen and oxygen atoms in total. The lowest BCUT2D eigenvalue weighted by molar-refractivity contribution is 0.0499. The van der Waals surface area contributed by atoms with Gasteiger partial charge in [-0.15, -0.1) is 0 Å². The number of carbonyl (C=O) groups excluding carboxylic acids is 1. The van der Waals surface area contributed by atoms with Crippen LogP contribution in [0, 0.1) is 0 Å². The molecular formula is C16H27N5O3. The normalized spacial score (nSPS) is 23.5. The zero-order valence-corrected chi connectivity index (χ0v) is 14.1. The van der Waals surface area contributed by atoms with E-state index in [1.54, 1.807) is 11.0 Å². The van der Waals surface area contributed by atoms with Gasteiger partial charge in [-0.25, -0.2) is 9.78 Å². The molecule has 3 heterocycles. The highest BCUT2D eigenvalue weighted by molar-refractivity contribution is 5.74. The molecule has 1 aromatic heterocycles. The molecule has 0 aromatic carbocycles. The molecule has 2 aliphatic heterocycles. The molecule has 2 unspecified atom stereocenters. The Kier molecular flexibility index (Phi) is 6.42. The van der Waals surface area contributed by atoms with Crippen LogP contribution in [0.5, 0.6) is 0 Å². The second-order valence-electron chi connectivity index (χ2n) is 6.42. The van der Waals surface area contributed by atoms with E-state index in [1.165, 1.54) is 6.33 Å². The number of hydrogen-bond acceptors (Lipinski definition) is 5. The standard InChI is InChI=1S/C16H27N5O3/c22-16(18-6-3-7-21-13-17-12-19-21)20(10-14-4-1-8-23-14)11-15-5-2-9-24-15/h12-15H,1-11H2,(H,18,22). The topological polar surface area (TPSA) is 81.5 Å². The monoisotopic (exact) mass is 337 g/mol. The summed E-state index contributed by atoms with van der Waals surface area (Å²) in [6.07, 6.45) is 8.56. The third kappa shape index (κ3) is 5.17. The Hall–Kier alpha value is -1.67. The van der Waals surface area contributed by atoms with Crippen molar-refractivity contribution in [2.75, 3.05) is 32.8 Å². The summed E-state index contributed by atoms with van der Waals surface area (Å²) in [5, 5.41) is 7.06. The fraction of sp³-hybridized carbons (Fsp3) is 0.812. The number of nitrogens with one attached hydrogen (secondary N) is 1. The first kappa shape index (κ1) is 17.2. The predicted molar refractivity (Wildman–Crippen MR) is 87.6 cm³/mol. The second-order valence-corrected chi connectivity index (χ2v) is 6.42. The number of aromatic nitrogens is 3. The van der Waals surface area contributed by atoms with Crippen LogP contribution in [0.15, 0.2) is 12.7 Å². The number of nitrogens with zero attached hydrogens (tertiary/aromatic N) is 4. The summed E-state index contributed by atoms with van der Waals surface area (Å²) >= 11 is 0. The fourth-order valence-corrected chi connectivity index (χ4v) is 3.21. The minimum absolute atomic E-state index is 0.0282. The van der Waals surface area contributed by atoms with Crippen molar-refractivity contribution in [1.82, 2.24) is 25.0 Å². The average Bonchev–Trinajstić information content (AvgIpc) is 3.33. The van der Waals surface area contributed by atoms with E-state index >= 15 is 0 Å². The number of hydrogen-bond donors (Lipinski definition) is 1. The maximum Gasteiger partial charge on any atom is 0.317 e.